The minimum Gasteiger partial charge on any atom is -0.371 e. The average Bonchev–Trinajstić information content (AvgIpc) is 3.65. The topological polar surface area (TPSA) is 89.8 Å². The summed E-state index contributed by atoms with van der Waals surface area (Å²) in [6, 6.07) is 14.2. The number of fused-ring (bicyclic) bond motifs is 1. The lowest BCUT2D eigenvalue weighted by Crippen LogP contribution is -2.60. The predicted octanol–water partition coefficient (Wildman–Crippen LogP) is 5.01. The molecule has 39 heavy (non-hydrogen) atoms. The van der Waals surface area contributed by atoms with Crippen molar-refractivity contribution in [1.29, 1.82) is 5.26 Å². The summed E-state index contributed by atoms with van der Waals surface area (Å²) >= 11 is 0. The number of halogens is 3. The second-order valence-electron chi connectivity index (χ2n) is 10.9. The van der Waals surface area contributed by atoms with Gasteiger partial charge in [-0.1, -0.05) is 30.3 Å². The fourth-order valence-corrected chi connectivity index (χ4v) is 5.26. The number of alkyl halides is 3. The molecule has 2 aromatic rings. The van der Waals surface area contributed by atoms with Crippen LogP contribution in [0.5, 0.6) is 0 Å². The zero-order valence-corrected chi connectivity index (χ0v) is 21.8. The number of amides is 1. The number of carbonyl (C=O) groups excluding carboxylic acids is 1. The van der Waals surface area contributed by atoms with Crippen molar-refractivity contribution in [3.05, 3.63) is 70.8 Å². The molecule has 0 aromatic heterocycles. The first-order chi connectivity index (χ1) is 18.5. The third-order valence-electron chi connectivity index (χ3n) is 7.34. The van der Waals surface area contributed by atoms with E-state index in [2.05, 4.69) is 11.4 Å². The van der Waals surface area contributed by atoms with E-state index in [1.807, 2.05) is 6.07 Å². The van der Waals surface area contributed by atoms with Gasteiger partial charge < -0.3 is 24.3 Å². The third-order valence-corrected chi connectivity index (χ3v) is 7.34. The van der Waals surface area contributed by atoms with E-state index < -0.39 is 41.4 Å². The Morgan fingerprint density at radius 1 is 1.10 bits per heavy atom. The smallest absolute Gasteiger partial charge is 0.371 e. The summed E-state index contributed by atoms with van der Waals surface area (Å²) in [5, 5.41) is 12.5. The van der Waals surface area contributed by atoms with Crippen LogP contribution in [-0.4, -0.2) is 41.6 Å². The maximum absolute atomic E-state index is 13.7. The summed E-state index contributed by atoms with van der Waals surface area (Å²) < 4.78 is 64.8. The minimum atomic E-state index is -4.49. The van der Waals surface area contributed by atoms with Crippen molar-refractivity contribution < 1.29 is 36.9 Å². The lowest BCUT2D eigenvalue weighted by molar-refractivity contribution is -0.183. The molecule has 1 heterocycles. The SMILES string of the molecule is CC1(C)O[C@@H]2C[C@@](OCc3cccc(C(F)(F)F)c3)(C(=O)NC3CC3)CC(OCc3ccccc3C#N)[C@@H]2O1. The average molecular weight is 545 g/mol. The second-order valence-corrected chi connectivity index (χ2v) is 10.9. The number of ether oxygens (including phenoxy) is 4. The van der Waals surface area contributed by atoms with Gasteiger partial charge in [0.1, 0.15) is 6.10 Å². The maximum Gasteiger partial charge on any atom is 0.416 e. The number of carbonyl (C=O) groups is 1. The number of nitrogens with one attached hydrogen (secondary N) is 1. The van der Waals surface area contributed by atoms with E-state index in [1.165, 1.54) is 6.07 Å². The molecule has 5 rings (SSSR count). The summed E-state index contributed by atoms with van der Waals surface area (Å²) in [6.45, 7) is 3.47. The van der Waals surface area contributed by atoms with Gasteiger partial charge in [-0.3, -0.25) is 4.79 Å². The van der Waals surface area contributed by atoms with Crippen molar-refractivity contribution in [2.24, 2.45) is 0 Å². The molecule has 3 aliphatic rings. The highest BCUT2D eigenvalue weighted by molar-refractivity contribution is 5.86. The quantitative estimate of drug-likeness (QED) is 0.503. The highest BCUT2D eigenvalue weighted by Gasteiger charge is 2.58. The van der Waals surface area contributed by atoms with Gasteiger partial charge in [-0.2, -0.15) is 18.4 Å². The van der Waals surface area contributed by atoms with Crippen LogP contribution in [0.15, 0.2) is 48.5 Å². The Morgan fingerprint density at radius 2 is 1.87 bits per heavy atom. The van der Waals surface area contributed by atoms with Crippen molar-refractivity contribution >= 4 is 5.91 Å². The molecule has 4 atom stereocenters. The normalized spacial score (nSPS) is 27.9. The van der Waals surface area contributed by atoms with E-state index in [0.29, 0.717) is 16.7 Å². The lowest BCUT2D eigenvalue weighted by atomic mass is 9.78. The van der Waals surface area contributed by atoms with Crippen molar-refractivity contribution in [3.63, 3.8) is 0 Å². The molecule has 7 nitrogen and oxygen atoms in total. The standard InChI is InChI=1S/C29H31F3N2O5/c1-27(2)38-24-14-28(26(35)34-22-10-11-22,37-16-18-6-5-9-21(12-18)29(30,31)32)13-23(25(24)39-27)36-17-20-8-4-3-7-19(20)15-33/h3-9,12,22-25H,10-11,13-14,16-17H2,1-2H3,(H,34,35)/t23?,24-,25+,28-/m1/s1. The lowest BCUT2D eigenvalue weighted by Gasteiger charge is -2.43. The first kappa shape index (κ1) is 27.6. The summed E-state index contributed by atoms with van der Waals surface area (Å²) in [6.07, 6.45) is -4.17. The largest absolute Gasteiger partial charge is 0.416 e. The minimum absolute atomic E-state index is 0.0447. The molecule has 1 aliphatic heterocycles. The van der Waals surface area contributed by atoms with Gasteiger partial charge >= 0.3 is 6.18 Å². The molecule has 0 bridgehead atoms. The zero-order valence-electron chi connectivity index (χ0n) is 21.8. The Kier molecular flexibility index (Phi) is 7.46. The van der Waals surface area contributed by atoms with E-state index in [0.717, 1.165) is 25.0 Å². The van der Waals surface area contributed by atoms with Crippen LogP contribution in [0, 0.1) is 11.3 Å². The zero-order chi connectivity index (χ0) is 27.8. The van der Waals surface area contributed by atoms with Gasteiger partial charge in [-0.15, -0.1) is 0 Å². The Morgan fingerprint density at radius 3 is 2.59 bits per heavy atom. The highest BCUT2D eigenvalue weighted by atomic mass is 19.4. The number of hydrogen-bond donors (Lipinski definition) is 1. The first-order valence-corrected chi connectivity index (χ1v) is 13.0. The third kappa shape index (κ3) is 6.28. The predicted molar refractivity (Wildman–Crippen MR) is 133 cm³/mol. The number of rotatable bonds is 8. The summed E-state index contributed by atoms with van der Waals surface area (Å²) in [5.74, 6) is -1.26. The van der Waals surface area contributed by atoms with E-state index in [1.54, 1.807) is 38.1 Å². The van der Waals surface area contributed by atoms with Crippen molar-refractivity contribution in [2.75, 3.05) is 0 Å². The Hall–Kier alpha value is -2.97. The van der Waals surface area contributed by atoms with E-state index >= 15 is 0 Å². The van der Waals surface area contributed by atoms with Gasteiger partial charge in [-0.25, -0.2) is 0 Å². The second kappa shape index (κ2) is 10.5. The molecule has 1 N–H and O–H groups in total. The highest BCUT2D eigenvalue weighted by Crippen LogP contribution is 2.45. The molecule has 208 valence electrons. The molecular formula is C29H31F3N2O5. The summed E-state index contributed by atoms with van der Waals surface area (Å²) in [4.78, 5) is 13.7. The van der Waals surface area contributed by atoms with Crippen LogP contribution in [0.3, 0.4) is 0 Å². The molecule has 3 fully saturated rings. The molecule has 10 heteroatoms. The summed E-state index contributed by atoms with van der Waals surface area (Å²) in [5.41, 5.74) is -0.725. The summed E-state index contributed by atoms with van der Waals surface area (Å²) in [7, 11) is 0. The van der Waals surface area contributed by atoms with Crippen molar-refractivity contribution in [3.8, 4) is 6.07 Å². The molecule has 2 aliphatic carbocycles. The van der Waals surface area contributed by atoms with Gasteiger partial charge in [0.05, 0.1) is 42.6 Å². The van der Waals surface area contributed by atoms with Gasteiger partial charge in [-0.05, 0) is 56.0 Å². The van der Waals surface area contributed by atoms with E-state index in [4.69, 9.17) is 18.9 Å². The fraction of sp³-hybridized carbons (Fsp3) is 0.517. The monoisotopic (exact) mass is 544 g/mol. The van der Waals surface area contributed by atoms with Gasteiger partial charge in [0.25, 0.3) is 5.91 Å². The molecule has 2 saturated carbocycles. The fourth-order valence-electron chi connectivity index (χ4n) is 5.26. The van der Waals surface area contributed by atoms with Crippen molar-refractivity contribution in [1.82, 2.24) is 5.32 Å². The number of nitrogens with zero attached hydrogens (tertiary/aromatic N) is 1. The molecule has 0 spiro atoms. The molecule has 1 amide bonds. The van der Waals surface area contributed by atoms with E-state index in [9.17, 15) is 23.2 Å². The first-order valence-electron chi connectivity index (χ1n) is 13.0. The Labute approximate surface area is 225 Å². The van der Waals surface area contributed by atoms with E-state index in [-0.39, 0.29) is 38.0 Å². The maximum atomic E-state index is 13.7. The number of nitriles is 1. The molecule has 0 radical (unpaired) electrons. The van der Waals surface area contributed by atoms with Crippen LogP contribution >= 0.6 is 0 Å². The molecule has 1 saturated heterocycles. The molecule has 2 aromatic carbocycles. The number of hydrogen-bond acceptors (Lipinski definition) is 6. The van der Waals surface area contributed by atoms with Crippen molar-refractivity contribution in [2.45, 2.75) is 94.7 Å². The van der Waals surface area contributed by atoms with Crippen LogP contribution < -0.4 is 5.32 Å². The number of benzene rings is 2. The Balaban J connectivity index is 1.42. The van der Waals surface area contributed by atoms with Gasteiger partial charge in [0, 0.05) is 18.9 Å². The van der Waals surface area contributed by atoms with Crippen LogP contribution in [-0.2, 0) is 43.1 Å². The molecule has 1 unspecified atom stereocenters. The van der Waals surface area contributed by atoms with Crippen LogP contribution in [0.2, 0.25) is 0 Å². The van der Waals surface area contributed by atoms with Gasteiger partial charge in [0.15, 0.2) is 11.4 Å². The van der Waals surface area contributed by atoms with Gasteiger partial charge in [0.2, 0.25) is 0 Å². The van der Waals surface area contributed by atoms with Crippen LogP contribution in [0.4, 0.5) is 13.2 Å². The van der Waals surface area contributed by atoms with Crippen LogP contribution in [0.25, 0.3) is 0 Å². The van der Waals surface area contributed by atoms with Crippen LogP contribution in [0.1, 0.15) is 61.8 Å². The molecular weight excluding hydrogens is 513 g/mol. The Bertz CT molecular complexity index is 1260.